The number of rotatable bonds is 4. The van der Waals surface area contributed by atoms with E-state index in [2.05, 4.69) is 37.1 Å². The minimum Gasteiger partial charge on any atom is -0.323 e. The molecule has 0 unspecified atom stereocenters. The Labute approximate surface area is 175 Å². The van der Waals surface area contributed by atoms with Crippen molar-refractivity contribution in [2.45, 2.75) is 12.1 Å². The number of nitrogens with two attached hydrogens (primary N) is 2. The van der Waals surface area contributed by atoms with Crippen LogP contribution in [0.25, 0.3) is 0 Å². The molecule has 0 spiro atoms. The summed E-state index contributed by atoms with van der Waals surface area (Å²) in [6, 6.07) is 19.9. The van der Waals surface area contributed by atoms with Crippen molar-refractivity contribution >= 4 is 0 Å². The topological polar surface area (TPSA) is 52.0 Å². The molecule has 2 fully saturated rings. The van der Waals surface area contributed by atoms with Crippen molar-refractivity contribution < 1.29 is 17.1 Å². The maximum absolute atomic E-state index is 6.42. The van der Waals surface area contributed by atoms with Gasteiger partial charge in [0.1, 0.15) is 0 Å². The second-order valence-corrected chi connectivity index (χ2v) is 6.18. The molecular weight excluding hydrogens is 372 g/mol. The van der Waals surface area contributed by atoms with Gasteiger partial charge in [0.15, 0.2) is 0 Å². The Balaban J connectivity index is 0.000000379. The van der Waals surface area contributed by atoms with Crippen LogP contribution < -0.4 is 11.5 Å². The molecule has 3 heteroatoms. The van der Waals surface area contributed by atoms with Crippen LogP contribution in [0.15, 0.2) is 60.7 Å². The summed E-state index contributed by atoms with van der Waals surface area (Å²) in [6.45, 7) is 0. The van der Waals surface area contributed by atoms with Crippen molar-refractivity contribution in [2.75, 3.05) is 0 Å². The number of hydrogen-bond acceptors (Lipinski definition) is 2. The molecule has 10 radical (unpaired) electrons. The summed E-state index contributed by atoms with van der Waals surface area (Å²) in [5.41, 5.74) is 15.0. The Hall–Kier alpha value is -1.12. The van der Waals surface area contributed by atoms with E-state index in [9.17, 15) is 0 Å². The minimum atomic E-state index is -0.147. The molecule has 2 aliphatic rings. The smallest absolute Gasteiger partial charge is 0.323 e. The molecule has 0 amide bonds. The predicted molar refractivity (Wildman–Crippen MR) is 108 cm³/mol. The zero-order valence-corrected chi connectivity index (χ0v) is 16.2. The molecule has 2 atom stereocenters. The first-order chi connectivity index (χ1) is 12.8. The minimum absolute atomic E-state index is 0. The molecule has 2 nitrogen and oxygen atoms in total. The third-order valence-corrected chi connectivity index (χ3v) is 4.43. The van der Waals surface area contributed by atoms with Crippen LogP contribution in [-0.4, -0.2) is 0 Å². The molecule has 2 aromatic rings. The van der Waals surface area contributed by atoms with Crippen molar-refractivity contribution in [3.05, 3.63) is 135 Å². The van der Waals surface area contributed by atoms with Gasteiger partial charge in [-0.3, -0.25) is 0 Å². The van der Waals surface area contributed by atoms with Gasteiger partial charge in [0.2, 0.25) is 0 Å². The van der Waals surface area contributed by atoms with Gasteiger partial charge in [0.05, 0.1) is 0 Å². The first kappa shape index (κ1) is 22.2. The summed E-state index contributed by atoms with van der Waals surface area (Å²) in [6.07, 6.45) is 16.2. The van der Waals surface area contributed by atoms with E-state index in [-0.39, 0.29) is 29.2 Å². The predicted octanol–water partition coefficient (Wildman–Crippen LogP) is 4.18. The zero-order valence-electron chi connectivity index (χ0n) is 15.1. The molecule has 0 bridgehead atoms. The molecule has 0 heterocycles. The van der Waals surface area contributed by atoms with E-state index < -0.39 is 0 Å². The van der Waals surface area contributed by atoms with Crippen LogP contribution in [0.3, 0.4) is 0 Å². The Morgan fingerprint density at radius 2 is 0.815 bits per heavy atom. The average Bonchev–Trinajstić information content (AvgIpc) is 3.43. The molecule has 4 rings (SSSR count). The van der Waals surface area contributed by atoms with Gasteiger partial charge < -0.3 is 11.5 Å². The van der Waals surface area contributed by atoms with Crippen LogP contribution in [-0.2, 0) is 17.1 Å². The van der Waals surface area contributed by atoms with Crippen molar-refractivity contribution in [3.8, 4) is 0 Å². The summed E-state index contributed by atoms with van der Waals surface area (Å²) in [7, 11) is 0. The maximum atomic E-state index is 6.42. The van der Waals surface area contributed by atoms with E-state index >= 15 is 0 Å². The molecule has 0 aliphatic heterocycles. The zero-order chi connectivity index (χ0) is 18.2. The Kier molecular flexibility index (Phi) is 9.58. The van der Waals surface area contributed by atoms with E-state index in [1.807, 2.05) is 74.9 Å². The molecule has 136 valence electrons. The first-order valence-corrected chi connectivity index (χ1v) is 8.80. The first-order valence-electron chi connectivity index (χ1n) is 8.80. The second kappa shape index (κ2) is 11.7. The summed E-state index contributed by atoms with van der Waals surface area (Å²) < 4.78 is 0. The van der Waals surface area contributed by atoms with Crippen molar-refractivity contribution in [3.63, 3.8) is 0 Å². The van der Waals surface area contributed by atoms with Crippen molar-refractivity contribution in [1.29, 1.82) is 0 Å². The Bertz CT molecular complexity index is 568. The average molecular weight is 396 g/mol. The van der Waals surface area contributed by atoms with Gasteiger partial charge in [-0.2, -0.15) is 0 Å². The van der Waals surface area contributed by atoms with Gasteiger partial charge in [0, 0.05) is 23.9 Å². The van der Waals surface area contributed by atoms with Crippen LogP contribution in [0.2, 0.25) is 0 Å². The van der Waals surface area contributed by atoms with Gasteiger partial charge in [0.25, 0.3) is 0 Å². The van der Waals surface area contributed by atoms with Crippen LogP contribution in [0.5, 0.6) is 0 Å². The Morgan fingerprint density at radius 1 is 0.481 bits per heavy atom. The molecular formula is C24H24FeN2+2. The number of hydrogen-bond donors (Lipinski definition) is 2. The largest absolute Gasteiger partial charge is 2.00 e. The second-order valence-electron chi connectivity index (χ2n) is 6.18. The van der Waals surface area contributed by atoms with Gasteiger partial charge in [-0.1, -0.05) is 60.7 Å². The van der Waals surface area contributed by atoms with Crippen LogP contribution in [0.1, 0.15) is 23.2 Å². The summed E-state index contributed by atoms with van der Waals surface area (Å²) in [4.78, 5) is 0. The standard InChI is InChI=1S/C19H19N2.C5H5.Fe/c20-18(14-8-3-1-4-9-14)16-12-7-13-17(16)19(21)15-10-5-2-6-11-15;1-2-4-5-3-1;/h1-13,18-19H,20-21H2;1-5H;/q;;+2/t18-,19-;;/m0../s1. The summed E-state index contributed by atoms with van der Waals surface area (Å²) >= 11 is 0. The van der Waals surface area contributed by atoms with Crippen LogP contribution in [0, 0.1) is 63.2 Å². The van der Waals surface area contributed by atoms with Gasteiger partial charge in [-0.15, -0.1) is 0 Å². The van der Waals surface area contributed by atoms with E-state index in [0.717, 1.165) is 23.0 Å². The quantitative estimate of drug-likeness (QED) is 0.762. The Morgan fingerprint density at radius 3 is 1.15 bits per heavy atom. The normalized spacial score (nSPS) is 19.6. The van der Waals surface area contributed by atoms with Gasteiger partial charge in [-0.05, 0) is 62.5 Å². The fourth-order valence-electron chi connectivity index (χ4n) is 3.01. The van der Waals surface area contributed by atoms with E-state index in [0.29, 0.717) is 0 Å². The van der Waals surface area contributed by atoms with Crippen LogP contribution in [0.4, 0.5) is 0 Å². The molecule has 2 aromatic carbocycles. The molecule has 2 aliphatic carbocycles. The summed E-state index contributed by atoms with van der Waals surface area (Å²) in [5, 5.41) is 0. The van der Waals surface area contributed by atoms with E-state index in [4.69, 9.17) is 11.5 Å². The van der Waals surface area contributed by atoms with Crippen molar-refractivity contribution in [2.24, 2.45) is 11.5 Å². The fraction of sp³-hybridized carbons (Fsp3) is 0.0833. The molecule has 0 aromatic heterocycles. The van der Waals surface area contributed by atoms with Crippen LogP contribution >= 0.6 is 0 Å². The molecule has 2 saturated carbocycles. The third-order valence-electron chi connectivity index (χ3n) is 4.43. The van der Waals surface area contributed by atoms with E-state index in [1.54, 1.807) is 0 Å². The maximum Gasteiger partial charge on any atom is 2.00 e. The molecule has 0 saturated heterocycles. The molecule has 27 heavy (non-hydrogen) atoms. The third kappa shape index (κ3) is 6.19. The monoisotopic (exact) mass is 396 g/mol. The fourth-order valence-corrected chi connectivity index (χ4v) is 3.01. The molecule has 4 N–H and O–H groups in total. The number of benzene rings is 2. The SMILES string of the molecule is N[C@H]([C]1[CH][CH][CH][C]1[C@@H](N)c1ccccc1)c1ccccc1.[CH]1[CH][CH][CH][CH]1.[Fe+2]. The van der Waals surface area contributed by atoms with E-state index in [1.165, 1.54) is 0 Å². The van der Waals surface area contributed by atoms with Gasteiger partial charge in [-0.25, -0.2) is 0 Å². The summed E-state index contributed by atoms with van der Waals surface area (Å²) in [5.74, 6) is 2.19. The van der Waals surface area contributed by atoms with Crippen molar-refractivity contribution in [1.82, 2.24) is 0 Å². The van der Waals surface area contributed by atoms with Gasteiger partial charge >= 0.3 is 17.1 Å².